The minimum absolute atomic E-state index is 0.201. The van der Waals surface area contributed by atoms with E-state index in [0.717, 1.165) is 43.5 Å². The fourth-order valence-electron chi connectivity index (χ4n) is 4.22. The van der Waals surface area contributed by atoms with Crippen molar-refractivity contribution in [2.45, 2.75) is 57.7 Å². The first kappa shape index (κ1) is 24.0. The number of carbonyl (C=O) groups is 1. The van der Waals surface area contributed by atoms with E-state index in [2.05, 4.69) is 10.3 Å². The number of hydrogen-bond donors (Lipinski definition) is 2. The largest absolute Gasteiger partial charge is 0.489 e. The standard InChI is InChI=1S/C24H27F3N4O3/c1-14(2)34-20-10-22-29-18(16-8-6-15(13-32)7-9-16)11-31(22)12-19(20)30-23(33)17-4-3-5-21(28-17)24(25,26)27/h3-5,10-12,14-16,32H,6-9,13H2,1-2H3,(H,30,33)/t15-,16-. The van der Waals surface area contributed by atoms with Crippen LogP contribution in [0, 0.1) is 5.92 Å². The number of alkyl halides is 3. The van der Waals surface area contributed by atoms with Gasteiger partial charge in [-0.3, -0.25) is 4.79 Å². The molecule has 34 heavy (non-hydrogen) atoms. The highest BCUT2D eigenvalue weighted by molar-refractivity contribution is 6.03. The molecular formula is C24H27F3N4O3. The summed E-state index contributed by atoms with van der Waals surface area (Å²) in [4.78, 5) is 20.9. The van der Waals surface area contributed by atoms with Crippen molar-refractivity contribution >= 4 is 17.2 Å². The third-order valence-electron chi connectivity index (χ3n) is 5.98. The van der Waals surface area contributed by atoms with Crippen molar-refractivity contribution < 1.29 is 27.8 Å². The second kappa shape index (κ2) is 9.61. The van der Waals surface area contributed by atoms with Gasteiger partial charge in [0.05, 0.1) is 11.8 Å². The molecule has 3 aromatic heterocycles. The number of aliphatic hydroxyl groups excluding tert-OH is 1. The predicted molar refractivity (Wildman–Crippen MR) is 120 cm³/mol. The Bertz CT molecular complexity index is 1170. The molecule has 7 nitrogen and oxygen atoms in total. The number of amides is 1. The maximum Gasteiger partial charge on any atom is 0.433 e. The molecular weight excluding hydrogens is 449 g/mol. The van der Waals surface area contributed by atoms with Gasteiger partial charge in [-0.2, -0.15) is 13.2 Å². The molecule has 2 N–H and O–H groups in total. The predicted octanol–water partition coefficient (Wildman–Crippen LogP) is 5.05. The number of rotatable bonds is 6. The van der Waals surface area contributed by atoms with E-state index in [1.165, 1.54) is 6.07 Å². The number of nitrogens with zero attached hydrogens (tertiary/aromatic N) is 3. The molecule has 0 atom stereocenters. The first-order valence-electron chi connectivity index (χ1n) is 11.3. The molecule has 1 aliphatic carbocycles. The van der Waals surface area contributed by atoms with Gasteiger partial charge in [0.25, 0.3) is 5.91 Å². The van der Waals surface area contributed by atoms with Crippen molar-refractivity contribution in [3.63, 3.8) is 0 Å². The van der Waals surface area contributed by atoms with Crippen molar-refractivity contribution in [3.8, 4) is 5.75 Å². The highest BCUT2D eigenvalue weighted by Crippen LogP contribution is 2.36. The fraction of sp³-hybridized carbons (Fsp3) is 0.458. The van der Waals surface area contributed by atoms with E-state index in [9.17, 15) is 23.1 Å². The second-order valence-corrected chi connectivity index (χ2v) is 8.91. The lowest BCUT2D eigenvalue weighted by Crippen LogP contribution is -2.18. The zero-order valence-electron chi connectivity index (χ0n) is 19.0. The Balaban J connectivity index is 1.62. The fourth-order valence-corrected chi connectivity index (χ4v) is 4.22. The summed E-state index contributed by atoms with van der Waals surface area (Å²) < 4.78 is 46.6. The molecule has 0 saturated heterocycles. The number of imidazole rings is 1. The molecule has 1 saturated carbocycles. The zero-order valence-corrected chi connectivity index (χ0v) is 19.0. The second-order valence-electron chi connectivity index (χ2n) is 8.91. The van der Waals surface area contributed by atoms with E-state index < -0.39 is 17.8 Å². The highest BCUT2D eigenvalue weighted by Gasteiger charge is 2.33. The summed E-state index contributed by atoms with van der Waals surface area (Å²) in [5, 5.41) is 12.0. The topological polar surface area (TPSA) is 88.8 Å². The van der Waals surface area contributed by atoms with Gasteiger partial charge in [0, 0.05) is 31.0 Å². The van der Waals surface area contributed by atoms with E-state index >= 15 is 0 Å². The summed E-state index contributed by atoms with van der Waals surface area (Å²) >= 11 is 0. The summed E-state index contributed by atoms with van der Waals surface area (Å²) in [5.74, 6) is 0.209. The van der Waals surface area contributed by atoms with Crippen LogP contribution in [0.4, 0.5) is 18.9 Å². The summed E-state index contributed by atoms with van der Waals surface area (Å²) in [6.45, 7) is 3.87. The van der Waals surface area contributed by atoms with Gasteiger partial charge >= 0.3 is 6.18 Å². The average Bonchev–Trinajstić information content (AvgIpc) is 3.21. The lowest BCUT2D eigenvalue weighted by atomic mass is 9.81. The minimum Gasteiger partial charge on any atom is -0.489 e. The molecule has 10 heteroatoms. The van der Waals surface area contributed by atoms with Crippen LogP contribution in [-0.4, -0.2) is 38.1 Å². The summed E-state index contributed by atoms with van der Waals surface area (Å²) in [6.07, 6.45) is 2.47. The first-order chi connectivity index (χ1) is 16.1. The van der Waals surface area contributed by atoms with Crippen molar-refractivity contribution in [1.82, 2.24) is 14.4 Å². The van der Waals surface area contributed by atoms with Gasteiger partial charge in [-0.1, -0.05) is 6.07 Å². The molecule has 3 aromatic rings. The summed E-state index contributed by atoms with van der Waals surface area (Å²) in [5.41, 5.74) is 0.389. The van der Waals surface area contributed by atoms with Gasteiger partial charge < -0.3 is 19.6 Å². The number of aromatic nitrogens is 3. The van der Waals surface area contributed by atoms with E-state index in [1.54, 1.807) is 16.7 Å². The minimum atomic E-state index is -4.65. The molecule has 0 bridgehead atoms. The lowest BCUT2D eigenvalue weighted by Gasteiger charge is -2.25. The third kappa shape index (κ3) is 5.32. The quantitative estimate of drug-likeness (QED) is 0.520. The van der Waals surface area contributed by atoms with Crippen molar-refractivity contribution in [1.29, 1.82) is 0 Å². The van der Waals surface area contributed by atoms with E-state index in [0.29, 0.717) is 23.0 Å². The SMILES string of the molecule is CC(C)Oc1cc2nc([C@H]3CC[C@H](CO)CC3)cn2cc1NC(=O)c1cccc(C(F)(F)F)n1. The van der Waals surface area contributed by atoms with Gasteiger partial charge in [0.2, 0.25) is 0 Å². The van der Waals surface area contributed by atoms with Gasteiger partial charge in [-0.25, -0.2) is 9.97 Å². The van der Waals surface area contributed by atoms with Crippen LogP contribution < -0.4 is 10.1 Å². The molecule has 3 heterocycles. The van der Waals surface area contributed by atoms with Crippen molar-refractivity contribution in [3.05, 3.63) is 53.7 Å². The van der Waals surface area contributed by atoms with Crippen LogP contribution in [0.3, 0.4) is 0 Å². The van der Waals surface area contributed by atoms with E-state index in [-0.39, 0.29) is 24.3 Å². The average molecular weight is 476 g/mol. The van der Waals surface area contributed by atoms with Gasteiger partial charge in [0.15, 0.2) is 0 Å². The normalized spacial score (nSPS) is 18.9. The van der Waals surface area contributed by atoms with E-state index in [4.69, 9.17) is 9.72 Å². The third-order valence-corrected chi connectivity index (χ3v) is 5.98. The number of anilines is 1. The molecule has 1 aliphatic rings. The number of hydrogen-bond acceptors (Lipinski definition) is 5. The Morgan fingerprint density at radius 1 is 1.21 bits per heavy atom. The van der Waals surface area contributed by atoms with Gasteiger partial charge in [0.1, 0.15) is 28.5 Å². The number of carbonyl (C=O) groups excluding carboxylic acids is 1. The summed E-state index contributed by atoms with van der Waals surface area (Å²) in [7, 11) is 0. The molecule has 0 unspecified atom stereocenters. The van der Waals surface area contributed by atoms with E-state index in [1.807, 2.05) is 20.0 Å². The van der Waals surface area contributed by atoms with Crippen molar-refractivity contribution in [2.24, 2.45) is 5.92 Å². The Hall–Kier alpha value is -3.14. The molecule has 1 amide bonds. The number of ether oxygens (including phenoxy) is 1. The molecule has 0 aliphatic heterocycles. The number of fused-ring (bicyclic) bond motifs is 1. The lowest BCUT2D eigenvalue weighted by molar-refractivity contribution is -0.141. The van der Waals surface area contributed by atoms with Crippen LogP contribution in [-0.2, 0) is 6.18 Å². The molecule has 0 spiro atoms. The first-order valence-corrected chi connectivity index (χ1v) is 11.3. The van der Waals surface area contributed by atoms with Crippen LogP contribution in [0.25, 0.3) is 5.65 Å². The Kier molecular flexibility index (Phi) is 6.79. The van der Waals surface area contributed by atoms with Crippen LogP contribution in [0.1, 0.15) is 67.3 Å². The van der Waals surface area contributed by atoms with Crippen LogP contribution in [0.2, 0.25) is 0 Å². The highest BCUT2D eigenvalue weighted by atomic mass is 19.4. The molecule has 0 radical (unpaired) electrons. The van der Waals surface area contributed by atoms with Crippen molar-refractivity contribution in [2.75, 3.05) is 11.9 Å². The van der Waals surface area contributed by atoms with Gasteiger partial charge in [-0.15, -0.1) is 0 Å². The zero-order chi connectivity index (χ0) is 24.5. The maximum absolute atomic E-state index is 13.0. The van der Waals surface area contributed by atoms with Crippen LogP contribution in [0.5, 0.6) is 5.75 Å². The smallest absolute Gasteiger partial charge is 0.433 e. The number of halogens is 3. The molecule has 4 rings (SSSR count). The summed E-state index contributed by atoms with van der Waals surface area (Å²) in [6, 6.07) is 4.90. The Labute approximate surface area is 195 Å². The Morgan fingerprint density at radius 3 is 2.59 bits per heavy atom. The monoisotopic (exact) mass is 476 g/mol. The van der Waals surface area contributed by atoms with Crippen LogP contribution >= 0.6 is 0 Å². The molecule has 182 valence electrons. The number of aliphatic hydroxyl groups is 1. The van der Waals surface area contributed by atoms with Crippen LogP contribution in [0.15, 0.2) is 36.7 Å². The molecule has 1 fully saturated rings. The number of pyridine rings is 2. The maximum atomic E-state index is 13.0. The Morgan fingerprint density at radius 2 is 1.94 bits per heavy atom. The van der Waals surface area contributed by atoms with Gasteiger partial charge in [-0.05, 0) is 57.6 Å². The number of nitrogens with one attached hydrogen (secondary N) is 1. The molecule has 0 aromatic carbocycles.